The molecule has 4 fully saturated rings. The summed E-state index contributed by atoms with van der Waals surface area (Å²) in [6.45, 7) is 1.28. The Bertz CT molecular complexity index is 1110. The van der Waals surface area contributed by atoms with Crippen LogP contribution in [0.15, 0.2) is 18.2 Å². The summed E-state index contributed by atoms with van der Waals surface area (Å²) < 4.78 is 5.69. The molecule has 6 atom stereocenters. The fraction of sp³-hybridized carbons (Fsp3) is 0.600. The average Bonchev–Trinajstić information content (AvgIpc) is 3.19. The highest BCUT2D eigenvalue weighted by atomic mass is 35.5. The number of aromatic amines is 1. The van der Waals surface area contributed by atoms with Gasteiger partial charge in [0.15, 0.2) is 0 Å². The molecule has 2 bridgehead atoms. The number of carbonyl (C=O) groups excluding carboxylic acids is 2. The topological polar surface area (TPSA) is 65.6 Å². The van der Waals surface area contributed by atoms with E-state index >= 15 is 0 Å². The number of piperidine rings is 1. The monoisotopic (exact) mass is 453 g/mol. The van der Waals surface area contributed by atoms with Crippen LogP contribution < -0.4 is 0 Å². The molecule has 0 radical (unpaired) electrons. The van der Waals surface area contributed by atoms with Crippen LogP contribution in [0, 0.1) is 5.92 Å². The maximum absolute atomic E-state index is 14.0. The predicted molar refractivity (Wildman–Crippen MR) is 121 cm³/mol. The lowest BCUT2D eigenvalue weighted by Crippen LogP contribution is -2.57. The molecule has 2 aromatic rings. The molecular formula is C25H28ClN3O3. The lowest BCUT2D eigenvalue weighted by molar-refractivity contribution is -0.152. The van der Waals surface area contributed by atoms with Crippen LogP contribution in [0.5, 0.6) is 0 Å². The third-order valence-corrected chi connectivity index (χ3v) is 8.84. The Morgan fingerprint density at radius 3 is 2.66 bits per heavy atom. The van der Waals surface area contributed by atoms with E-state index in [9.17, 15) is 9.59 Å². The van der Waals surface area contributed by atoms with Crippen LogP contribution in [0.2, 0.25) is 5.02 Å². The summed E-state index contributed by atoms with van der Waals surface area (Å²) >= 11 is 6.26. The van der Waals surface area contributed by atoms with Crippen LogP contribution >= 0.6 is 11.6 Å². The van der Waals surface area contributed by atoms with Crippen molar-refractivity contribution in [3.8, 4) is 0 Å². The molecule has 2 aliphatic carbocycles. The molecule has 5 unspecified atom stereocenters. The zero-order chi connectivity index (χ0) is 21.6. The van der Waals surface area contributed by atoms with E-state index < -0.39 is 0 Å². The molecule has 1 saturated carbocycles. The zero-order valence-corrected chi connectivity index (χ0v) is 18.8. The summed E-state index contributed by atoms with van der Waals surface area (Å²) in [5, 5.41) is 1.85. The maximum Gasteiger partial charge on any atom is 0.246 e. The van der Waals surface area contributed by atoms with Crippen molar-refractivity contribution in [1.82, 2.24) is 14.8 Å². The van der Waals surface area contributed by atoms with Crippen LogP contribution in [0.1, 0.15) is 55.7 Å². The number of benzene rings is 1. The van der Waals surface area contributed by atoms with Crippen molar-refractivity contribution in [3.05, 3.63) is 34.5 Å². The van der Waals surface area contributed by atoms with Crippen molar-refractivity contribution in [2.45, 2.75) is 75.0 Å². The fourth-order valence-corrected chi connectivity index (χ4v) is 7.19. The Balaban J connectivity index is 1.21. The maximum atomic E-state index is 14.0. The van der Waals surface area contributed by atoms with Crippen molar-refractivity contribution in [2.75, 3.05) is 13.2 Å². The number of ether oxygens (including phenoxy) is 1. The van der Waals surface area contributed by atoms with Crippen molar-refractivity contribution in [3.63, 3.8) is 0 Å². The van der Waals surface area contributed by atoms with E-state index in [4.69, 9.17) is 16.3 Å². The van der Waals surface area contributed by atoms with Gasteiger partial charge in [-0.05, 0) is 74.6 Å². The number of nitrogens with one attached hydrogen (secondary N) is 1. The van der Waals surface area contributed by atoms with Crippen molar-refractivity contribution < 1.29 is 14.3 Å². The van der Waals surface area contributed by atoms with Crippen molar-refractivity contribution >= 4 is 34.3 Å². The highest BCUT2D eigenvalue weighted by Crippen LogP contribution is 2.51. The second kappa shape index (κ2) is 6.97. The number of hydrogen-bond acceptors (Lipinski definition) is 3. The van der Waals surface area contributed by atoms with Gasteiger partial charge in [0.1, 0.15) is 6.04 Å². The number of hydrogen-bond donors (Lipinski definition) is 1. The molecule has 3 saturated heterocycles. The quantitative estimate of drug-likeness (QED) is 0.755. The number of likely N-dealkylation sites (tertiary alicyclic amines) is 1. The van der Waals surface area contributed by atoms with Gasteiger partial charge in [0, 0.05) is 27.7 Å². The van der Waals surface area contributed by atoms with Crippen LogP contribution in [-0.2, 0) is 20.7 Å². The van der Waals surface area contributed by atoms with E-state index in [2.05, 4.69) is 9.88 Å². The van der Waals surface area contributed by atoms with Crippen molar-refractivity contribution in [1.29, 1.82) is 0 Å². The molecule has 32 heavy (non-hydrogen) atoms. The number of nitrogens with zero attached hydrogens (tertiary/aromatic N) is 2. The largest absolute Gasteiger partial charge is 0.377 e. The lowest BCUT2D eigenvalue weighted by Gasteiger charge is -2.39. The first-order valence-electron chi connectivity index (χ1n) is 12.1. The van der Waals surface area contributed by atoms with Gasteiger partial charge in [-0.2, -0.15) is 0 Å². The van der Waals surface area contributed by atoms with E-state index in [1.807, 2.05) is 23.1 Å². The molecule has 3 aliphatic heterocycles. The van der Waals surface area contributed by atoms with Gasteiger partial charge < -0.3 is 19.5 Å². The second-order valence-corrected chi connectivity index (χ2v) is 10.8. The number of carbonyl (C=O) groups is 2. The predicted octanol–water partition coefficient (Wildman–Crippen LogP) is 3.62. The molecule has 5 aliphatic rings. The summed E-state index contributed by atoms with van der Waals surface area (Å²) in [4.78, 5) is 35.3. The minimum atomic E-state index is -0.295. The lowest BCUT2D eigenvalue weighted by atomic mass is 9.85. The highest BCUT2D eigenvalue weighted by molar-refractivity contribution is 6.31. The summed E-state index contributed by atoms with van der Waals surface area (Å²) in [6, 6.07) is 6.24. The van der Waals surface area contributed by atoms with Crippen LogP contribution in [-0.4, -0.2) is 64.0 Å². The standard InChI is InChI=1S/C25H28ClN3O3/c26-14-4-7-20-19(10-14)17-2-1-3-18(23(17)27-20)24(30)29-21-8-13(21)9-22(29)25(31)28-15-5-6-16(28)12-32-11-15/h4,7,10,13,15-16,18,21-22,27H,1-3,5-6,8-9,11-12H2/t13?,15?,16?,18?,21?,22-/m1/s1. The highest BCUT2D eigenvalue weighted by Gasteiger charge is 2.59. The minimum absolute atomic E-state index is 0.146. The molecule has 168 valence electrons. The molecule has 4 heterocycles. The number of rotatable bonds is 2. The van der Waals surface area contributed by atoms with Gasteiger partial charge in [-0.1, -0.05) is 11.6 Å². The van der Waals surface area contributed by atoms with Gasteiger partial charge in [-0.25, -0.2) is 0 Å². The summed E-state index contributed by atoms with van der Waals surface area (Å²) in [7, 11) is 0. The Labute approximate surface area is 192 Å². The van der Waals surface area contributed by atoms with Gasteiger partial charge >= 0.3 is 0 Å². The number of aromatic nitrogens is 1. The van der Waals surface area contributed by atoms with Gasteiger partial charge in [-0.15, -0.1) is 0 Å². The summed E-state index contributed by atoms with van der Waals surface area (Å²) in [6.07, 6.45) is 6.70. The molecule has 1 aromatic carbocycles. The smallest absolute Gasteiger partial charge is 0.246 e. The van der Waals surface area contributed by atoms with Gasteiger partial charge in [0.25, 0.3) is 0 Å². The number of halogens is 1. The normalized spacial score (nSPS) is 35.2. The molecule has 7 rings (SSSR count). The first kappa shape index (κ1) is 19.4. The first-order chi connectivity index (χ1) is 15.6. The van der Waals surface area contributed by atoms with Gasteiger partial charge in [0.05, 0.1) is 31.2 Å². The van der Waals surface area contributed by atoms with E-state index in [1.54, 1.807) is 0 Å². The summed E-state index contributed by atoms with van der Waals surface area (Å²) in [5.74, 6) is 0.616. The third-order valence-electron chi connectivity index (χ3n) is 8.61. The Morgan fingerprint density at radius 1 is 1.03 bits per heavy atom. The molecule has 1 aromatic heterocycles. The van der Waals surface area contributed by atoms with Crippen molar-refractivity contribution in [2.24, 2.45) is 5.92 Å². The number of amides is 2. The molecule has 0 spiro atoms. The molecular weight excluding hydrogens is 426 g/mol. The molecule has 6 nitrogen and oxygen atoms in total. The van der Waals surface area contributed by atoms with E-state index in [0.717, 1.165) is 66.6 Å². The van der Waals surface area contributed by atoms with Gasteiger partial charge in [-0.3, -0.25) is 9.59 Å². The SMILES string of the molecule is O=C([C@H]1CC2CC2N1C(=O)C1CCCc2c1[nH]c1ccc(Cl)cc21)N1C2CCC1COC2. The Kier molecular flexibility index (Phi) is 4.23. The Morgan fingerprint density at radius 2 is 1.84 bits per heavy atom. The van der Waals surface area contributed by atoms with E-state index in [-0.39, 0.29) is 41.9 Å². The third kappa shape index (κ3) is 2.75. The number of H-pyrrole nitrogens is 1. The number of fused-ring (bicyclic) bond motifs is 6. The summed E-state index contributed by atoms with van der Waals surface area (Å²) in [5.41, 5.74) is 3.32. The van der Waals surface area contributed by atoms with Crippen LogP contribution in [0.4, 0.5) is 0 Å². The molecule has 1 N–H and O–H groups in total. The molecule has 2 amide bonds. The first-order valence-corrected chi connectivity index (χ1v) is 12.5. The fourth-order valence-electron chi connectivity index (χ4n) is 7.02. The zero-order valence-electron chi connectivity index (χ0n) is 18.1. The number of morpholine rings is 1. The van der Waals surface area contributed by atoms with E-state index in [0.29, 0.717) is 19.1 Å². The Hall–Kier alpha value is -2.05. The van der Waals surface area contributed by atoms with Gasteiger partial charge in [0.2, 0.25) is 11.8 Å². The van der Waals surface area contributed by atoms with Crippen LogP contribution in [0.3, 0.4) is 0 Å². The van der Waals surface area contributed by atoms with Crippen LogP contribution in [0.25, 0.3) is 10.9 Å². The second-order valence-electron chi connectivity index (χ2n) is 10.4. The average molecular weight is 454 g/mol. The minimum Gasteiger partial charge on any atom is -0.377 e. The van der Waals surface area contributed by atoms with E-state index in [1.165, 1.54) is 5.56 Å². The number of aryl methyl sites for hydroxylation is 1. The molecule has 7 heteroatoms.